The highest BCUT2D eigenvalue weighted by molar-refractivity contribution is 5.15. The van der Waals surface area contributed by atoms with Crippen LogP contribution in [-0.4, -0.2) is 6.61 Å². The van der Waals surface area contributed by atoms with Crippen LogP contribution in [0.5, 0.6) is 0 Å². The minimum atomic E-state index is 0.734. The van der Waals surface area contributed by atoms with Gasteiger partial charge in [0.2, 0.25) is 0 Å². The summed E-state index contributed by atoms with van der Waals surface area (Å²) in [5.74, 6) is 0. The molecule has 0 N–H and O–H groups in total. The van der Waals surface area contributed by atoms with Gasteiger partial charge in [-0.1, -0.05) is 36.4 Å². The summed E-state index contributed by atoms with van der Waals surface area (Å²) in [6.07, 6.45) is 4.73. The first-order valence-corrected chi connectivity index (χ1v) is 4.75. The normalized spacial score (nSPS) is 14.9. The van der Waals surface area contributed by atoms with E-state index in [1.165, 1.54) is 24.0 Å². The van der Waals surface area contributed by atoms with Crippen LogP contribution in [-0.2, 0) is 11.3 Å². The lowest BCUT2D eigenvalue weighted by Crippen LogP contribution is -2.03. The average Bonchev–Trinajstić information content (AvgIpc) is 2.11. The molecule has 1 aliphatic carbocycles. The van der Waals surface area contributed by atoms with Crippen molar-refractivity contribution in [1.29, 1.82) is 0 Å². The second-order valence-electron chi connectivity index (χ2n) is 3.38. The Morgan fingerprint density at radius 1 is 1.08 bits per heavy atom. The summed E-state index contributed by atoms with van der Waals surface area (Å²) in [7, 11) is 0. The van der Waals surface area contributed by atoms with Gasteiger partial charge in [0, 0.05) is 0 Å². The first-order valence-electron chi connectivity index (χ1n) is 4.75. The van der Waals surface area contributed by atoms with Gasteiger partial charge in [-0.3, -0.25) is 0 Å². The number of ether oxygens (including phenoxy) is 1. The lowest BCUT2D eigenvalue weighted by atomic mass is 10.0. The Labute approximate surface area is 79.0 Å². The second-order valence-corrected chi connectivity index (χ2v) is 3.38. The van der Waals surface area contributed by atoms with Gasteiger partial charge in [-0.25, -0.2) is 0 Å². The number of allylic oxidation sites excluding steroid dienone is 1. The van der Waals surface area contributed by atoms with Crippen molar-refractivity contribution in [2.45, 2.75) is 19.4 Å². The van der Waals surface area contributed by atoms with Crippen molar-refractivity contribution in [3.8, 4) is 0 Å². The van der Waals surface area contributed by atoms with Crippen molar-refractivity contribution in [2.24, 2.45) is 0 Å². The maximum absolute atomic E-state index is 5.56. The van der Waals surface area contributed by atoms with E-state index in [0.717, 1.165) is 13.2 Å². The Morgan fingerprint density at radius 2 is 1.85 bits per heavy atom. The predicted octanol–water partition coefficient (Wildman–Crippen LogP) is 2.92. The Bertz CT molecular complexity index is 287. The van der Waals surface area contributed by atoms with Gasteiger partial charge in [0.1, 0.15) is 0 Å². The van der Waals surface area contributed by atoms with Gasteiger partial charge >= 0.3 is 0 Å². The van der Waals surface area contributed by atoms with E-state index in [-0.39, 0.29) is 0 Å². The lowest BCUT2D eigenvalue weighted by Gasteiger charge is -2.14. The maximum atomic E-state index is 5.56. The predicted molar refractivity (Wildman–Crippen MR) is 53.4 cm³/mol. The van der Waals surface area contributed by atoms with E-state index in [0.29, 0.717) is 0 Å². The van der Waals surface area contributed by atoms with Crippen LogP contribution in [0.15, 0.2) is 42.0 Å². The maximum Gasteiger partial charge on any atom is 0.0721 e. The number of hydrogen-bond donors (Lipinski definition) is 0. The Morgan fingerprint density at radius 3 is 2.46 bits per heavy atom. The summed E-state index contributed by atoms with van der Waals surface area (Å²) in [5, 5.41) is 0. The topological polar surface area (TPSA) is 9.23 Å². The summed E-state index contributed by atoms with van der Waals surface area (Å²) in [4.78, 5) is 0. The molecule has 2 rings (SSSR count). The molecule has 0 saturated carbocycles. The van der Waals surface area contributed by atoms with Crippen molar-refractivity contribution < 1.29 is 4.74 Å². The molecule has 1 aromatic rings. The molecule has 0 heterocycles. The molecule has 13 heavy (non-hydrogen) atoms. The van der Waals surface area contributed by atoms with E-state index in [4.69, 9.17) is 4.74 Å². The molecular formula is C12H14O. The van der Waals surface area contributed by atoms with Crippen LogP contribution in [0.3, 0.4) is 0 Å². The molecule has 1 nitrogen and oxygen atoms in total. The van der Waals surface area contributed by atoms with Gasteiger partial charge in [-0.15, -0.1) is 0 Å². The molecule has 0 aliphatic heterocycles. The molecule has 0 saturated heterocycles. The molecule has 0 radical (unpaired) electrons. The fourth-order valence-electron chi connectivity index (χ4n) is 1.35. The monoisotopic (exact) mass is 174 g/mol. The first kappa shape index (κ1) is 8.52. The van der Waals surface area contributed by atoms with Crippen LogP contribution < -0.4 is 0 Å². The van der Waals surface area contributed by atoms with E-state index in [2.05, 4.69) is 18.2 Å². The zero-order valence-corrected chi connectivity index (χ0v) is 7.70. The molecule has 1 aromatic carbocycles. The smallest absolute Gasteiger partial charge is 0.0721 e. The third-order valence-electron chi connectivity index (χ3n) is 2.30. The highest BCUT2D eigenvalue weighted by Gasteiger charge is 2.04. The molecule has 0 bridgehead atoms. The van der Waals surface area contributed by atoms with Gasteiger partial charge in [-0.2, -0.15) is 0 Å². The fourth-order valence-corrected chi connectivity index (χ4v) is 1.35. The Kier molecular flexibility index (Phi) is 2.78. The van der Waals surface area contributed by atoms with Gasteiger partial charge in [0.15, 0.2) is 0 Å². The number of benzene rings is 1. The molecule has 0 unspecified atom stereocenters. The van der Waals surface area contributed by atoms with E-state index in [1.54, 1.807) is 0 Å². The van der Waals surface area contributed by atoms with Crippen LogP contribution >= 0.6 is 0 Å². The lowest BCUT2D eigenvalue weighted by molar-refractivity contribution is 0.138. The molecule has 1 heteroatoms. The molecule has 0 aromatic heterocycles. The quantitative estimate of drug-likeness (QED) is 0.638. The zero-order valence-electron chi connectivity index (χ0n) is 7.70. The Balaban J connectivity index is 1.73. The zero-order chi connectivity index (χ0) is 8.93. The molecule has 0 spiro atoms. The van der Waals surface area contributed by atoms with Crippen molar-refractivity contribution in [3.63, 3.8) is 0 Å². The number of hydrogen-bond acceptors (Lipinski definition) is 1. The van der Waals surface area contributed by atoms with Crippen molar-refractivity contribution in [1.82, 2.24) is 0 Å². The van der Waals surface area contributed by atoms with E-state index in [9.17, 15) is 0 Å². The Hall–Kier alpha value is -1.08. The second kappa shape index (κ2) is 4.24. The molecular weight excluding hydrogens is 160 g/mol. The summed E-state index contributed by atoms with van der Waals surface area (Å²) in [6, 6.07) is 10.3. The third kappa shape index (κ3) is 2.43. The average molecular weight is 174 g/mol. The van der Waals surface area contributed by atoms with Crippen LogP contribution in [0, 0.1) is 0 Å². The summed E-state index contributed by atoms with van der Waals surface area (Å²) in [6.45, 7) is 1.55. The summed E-state index contributed by atoms with van der Waals surface area (Å²) < 4.78 is 5.56. The van der Waals surface area contributed by atoms with Crippen LogP contribution in [0.1, 0.15) is 18.4 Å². The van der Waals surface area contributed by atoms with Crippen molar-refractivity contribution in [2.75, 3.05) is 6.61 Å². The third-order valence-corrected chi connectivity index (χ3v) is 2.30. The molecule has 68 valence electrons. The van der Waals surface area contributed by atoms with Crippen LogP contribution in [0.2, 0.25) is 0 Å². The summed E-state index contributed by atoms with van der Waals surface area (Å²) >= 11 is 0. The highest BCUT2D eigenvalue weighted by Crippen LogP contribution is 2.18. The van der Waals surface area contributed by atoms with Crippen LogP contribution in [0.4, 0.5) is 0 Å². The van der Waals surface area contributed by atoms with Gasteiger partial charge in [0.05, 0.1) is 13.2 Å². The van der Waals surface area contributed by atoms with Crippen molar-refractivity contribution in [3.05, 3.63) is 47.5 Å². The van der Waals surface area contributed by atoms with E-state index in [1.807, 2.05) is 18.2 Å². The van der Waals surface area contributed by atoms with Gasteiger partial charge in [-0.05, 0) is 24.0 Å². The van der Waals surface area contributed by atoms with Gasteiger partial charge < -0.3 is 4.74 Å². The largest absolute Gasteiger partial charge is 0.372 e. The van der Waals surface area contributed by atoms with E-state index >= 15 is 0 Å². The highest BCUT2D eigenvalue weighted by atomic mass is 16.5. The molecule has 0 fully saturated rings. The van der Waals surface area contributed by atoms with Gasteiger partial charge in [0.25, 0.3) is 0 Å². The minimum absolute atomic E-state index is 0.734. The van der Waals surface area contributed by atoms with E-state index < -0.39 is 0 Å². The molecule has 0 atom stereocenters. The standard InChI is InChI=1S/C12H14O/c1-2-5-11(6-3-1)9-13-10-12-7-4-8-12/h1-3,5-7H,4,8-10H2. The first-order chi connectivity index (χ1) is 6.45. The SMILES string of the molecule is C1=C(COCc2ccccc2)CC1. The minimum Gasteiger partial charge on any atom is -0.372 e. The van der Waals surface area contributed by atoms with Crippen LogP contribution in [0.25, 0.3) is 0 Å². The number of rotatable bonds is 4. The summed E-state index contributed by atoms with van der Waals surface area (Å²) in [5.41, 5.74) is 2.71. The van der Waals surface area contributed by atoms with Crippen molar-refractivity contribution >= 4 is 0 Å². The fraction of sp³-hybridized carbons (Fsp3) is 0.333. The molecule has 1 aliphatic rings. The molecule has 0 amide bonds.